The normalized spacial score (nSPS) is 24.3. The average Bonchev–Trinajstić information content (AvgIpc) is 2.99. The highest BCUT2D eigenvalue weighted by molar-refractivity contribution is 6.07. The Balaban J connectivity index is 1.65. The standard InChI is InChI=1S/C24H22FN5O2/c1-23(10-16-5-3-4-6-19(16)25)13-24(21(31)30(2)22(26)29-24)18-9-15(7-8-20(18)32-23)17-11-27-14-28-12-17/h3-9,11-12,14H,10,13H2,1-2H3,(H2,26,29)/t23-,24?/m1/s1. The fourth-order valence-electron chi connectivity index (χ4n) is 4.64. The van der Waals surface area contributed by atoms with Crippen molar-refractivity contribution in [3.63, 3.8) is 0 Å². The van der Waals surface area contributed by atoms with E-state index in [1.165, 1.54) is 17.3 Å². The molecule has 2 aliphatic rings. The molecule has 1 aromatic heterocycles. The summed E-state index contributed by atoms with van der Waals surface area (Å²) in [6.45, 7) is 1.88. The number of aromatic nitrogens is 2. The van der Waals surface area contributed by atoms with Crippen LogP contribution in [0.4, 0.5) is 4.39 Å². The number of carbonyl (C=O) groups is 1. The zero-order valence-electron chi connectivity index (χ0n) is 17.7. The Kier molecular flexibility index (Phi) is 4.47. The molecule has 0 aliphatic carbocycles. The predicted molar refractivity (Wildman–Crippen MR) is 117 cm³/mol. The van der Waals surface area contributed by atoms with Crippen molar-refractivity contribution in [3.05, 3.63) is 78.1 Å². The van der Waals surface area contributed by atoms with Gasteiger partial charge in [0, 0.05) is 43.4 Å². The minimum absolute atomic E-state index is 0.143. The lowest BCUT2D eigenvalue weighted by molar-refractivity contribution is -0.133. The van der Waals surface area contributed by atoms with E-state index >= 15 is 0 Å². The molecule has 162 valence electrons. The fourth-order valence-corrected chi connectivity index (χ4v) is 4.64. The van der Waals surface area contributed by atoms with E-state index in [0.29, 0.717) is 16.9 Å². The Labute approximate surface area is 184 Å². The van der Waals surface area contributed by atoms with Crippen LogP contribution in [0.25, 0.3) is 11.1 Å². The van der Waals surface area contributed by atoms with Gasteiger partial charge in [-0.25, -0.2) is 19.4 Å². The Morgan fingerprint density at radius 2 is 1.91 bits per heavy atom. The number of benzene rings is 2. The second kappa shape index (κ2) is 7.12. The molecule has 0 fully saturated rings. The zero-order chi connectivity index (χ0) is 22.5. The van der Waals surface area contributed by atoms with Gasteiger partial charge in [0.25, 0.3) is 5.91 Å². The van der Waals surface area contributed by atoms with Crippen molar-refractivity contribution in [2.75, 3.05) is 7.05 Å². The lowest BCUT2D eigenvalue weighted by Crippen LogP contribution is -2.51. The first-order valence-electron chi connectivity index (χ1n) is 10.3. The first kappa shape index (κ1) is 20.1. The summed E-state index contributed by atoms with van der Waals surface area (Å²) in [6, 6.07) is 12.2. The number of hydrogen-bond donors (Lipinski definition) is 1. The molecule has 5 rings (SSSR count). The maximum atomic E-state index is 14.4. The first-order chi connectivity index (χ1) is 15.3. The van der Waals surface area contributed by atoms with Crippen LogP contribution in [0.1, 0.15) is 24.5 Å². The van der Waals surface area contributed by atoms with E-state index in [9.17, 15) is 9.18 Å². The molecular formula is C24H22FN5O2. The smallest absolute Gasteiger partial charge is 0.261 e. The first-order valence-corrected chi connectivity index (χ1v) is 10.3. The molecule has 1 spiro atoms. The van der Waals surface area contributed by atoms with Gasteiger partial charge in [-0.05, 0) is 36.2 Å². The van der Waals surface area contributed by atoms with E-state index in [1.54, 1.807) is 37.6 Å². The molecular weight excluding hydrogens is 409 g/mol. The van der Waals surface area contributed by atoms with Crippen molar-refractivity contribution in [2.24, 2.45) is 10.7 Å². The van der Waals surface area contributed by atoms with E-state index in [0.717, 1.165) is 11.1 Å². The van der Waals surface area contributed by atoms with Gasteiger partial charge in [0.15, 0.2) is 11.5 Å². The van der Waals surface area contributed by atoms with Crippen LogP contribution in [0.5, 0.6) is 5.75 Å². The van der Waals surface area contributed by atoms with E-state index in [-0.39, 0.29) is 30.5 Å². The third kappa shape index (κ3) is 3.10. The highest BCUT2D eigenvalue weighted by atomic mass is 19.1. The second-order valence-corrected chi connectivity index (χ2v) is 8.53. The van der Waals surface area contributed by atoms with Crippen molar-refractivity contribution in [1.82, 2.24) is 14.9 Å². The molecule has 32 heavy (non-hydrogen) atoms. The van der Waals surface area contributed by atoms with Crippen molar-refractivity contribution in [3.8, 4) is 16.9 Å². The highest BCUT2D eigenvalue weighted by Gasteiger charge is 2.56. The number of rotatable bonds is 3. The monoisotopic (exact) mass is 431 g/mol. The largest absolute Gasteiger partial charge is 0.487 e. The number of amides is 1. The summed E-state index contributed by atoms with van der Waals surface area (Å²) in [5, 5.41) is 0. The van der Waals surface area contributed by atoms with Gasteiger partial charge < -0.3 is 10.5 Å². The molecule has 8 heteroatoms. The lowest BCUT2D eigenvalue weighted by Gasteiger charge is -2.43. The van der Waals surface area contributed by atoms with Crippen LogP contribution in [0.3, 0.4) is 0 Å². The van der Waals surface area contributed by atoms with E-state index < -0.39 is 11.1 Å². The number of ether oxygens (including phenoxy) is 1. The van der Waals surface area contributed by atoms with Gasteiger partial charge >= 0.3 is 0 Å². The average molecular weight is 431 g/mol. The SMILES string of the molecule is CN1C(=O)C2(C[C@@](C)(Cc3ccccc3F)Oc3ccc(-c4cncnc4)cc32)N=C1N. The van der Waals surface area contributed by atoms with Gasteiger partial charge in [0.1, 0.15) is 23.5 Å². The van der Waals surface area contributed by atoms with E-state index in [2.05, 4.69) is 15.0 Å². The molecule has 3 aromatic rings. The van der Waals surface area contributed by atoms with E-state index in [4.69, 9.17) is 10.5 Å². The molecule has 7 nitrogen and oxygen atoms in total. The Bertz CT molecular complexity index is 1250. The van der Waals surface area contributed by atoms with Gasteiger partial charge in [0.2, 0.25) is 0 Å². The number of fused-ring (bicyclic) bond motifs is 2. The number of hydrogen-bond acceptors (Lipinski definition) is 6. The maximum Gasteiger partial charge on any atom is 0.261 e. The summed E-state index contributed by atoms with van der Waals surface area (Å²) >= 11 is 0. The molecule has 0 saturated carbocycles. The molecule has 0 bridgehead atoms. The lowest BCUT2D eigenvalue weighted by atomic mass is 9.74. The number of carbonyl (C=O) groups excluding carboxylic acids is 1. The number of halogens is 1. The Hall–Kier alpha value is -3.81. The summed E-state index contributed by atoms with van der Waals surface area (Å²) in [5.74, 6) is 0.121. The van der Waals surface area contributed by atoms with Crippen LogP contribution in [-0.4, -0.2) is 39.4 Å². The summed E-state index contributed by atoms with van der Waals surface area (Å²) < 4.78 is 20.8. The molecule has 2 atom stereocenters. The number of nitrogens with zero attached hydrogens (tertiary/aromatic N) is 4. The minimum Gasteiger partial charge on any atom is -0.487 e. The summed E-state index contributed by atoms with van der Waals surface area (Å²) in [6.07, 6.45) is 5.36. The number of nitrogens with two attached hydrogens (primary N) is 1. The molecule has 0 saturated heterocycles. The zero-order valence-corrected chi connectivity index (χ0v) is 17.7. The number of guanidine groups is 1. The minimum atomic E-state index is -1.25. The van der Waals surface area contributed by atoms with Gasteiger partial charge in [0.05, 0.1) is 0 Å². The van der Waals surface area contributed by atoms with E-state index in [1.807, 2.05) is 25.1 Å². The molecule has 1 unspecified atom stereocenters. The second-order valence-electron chi connectivity index (χ2n) is 8.53. The molecule has 2 N–H and O–H groups in total. The van der Waals surface area contributed by atoms with Crippen LogP contribution in [0, 0.1) is 5.82 Å². The molecule has 0 radical (unpaired) electrons. The van der Waals surface area contributed by atoms with Crippen molar-refractivity contribution in [2.45, 2.75) is 30.9 Å². The van der Waals surface area contributed by atoms with Gasteiger partial charge in [-0.2, -0.15) is 0 Å². The maximum absolute atomic E-state index is 14.4. The topological polar surface area (TPSA) is 93.7 Å². The number of aliphatic imine (C=N–C) groups is 1. The molecule has 3 heterocycles. The Morgan fingerprint density at radius 1 is 1.16 bits per heavy atom. The van der Waals surface area contributed by atoms with Crippen molar-refractivity contribution >= 4 is 11.9 Å². The van der Waals surface area contributed by atoms with Gasteiger partial charge in [-0.3, -0.25) is 9.69 Å². The fraction of sp³-hybridized carbons (Fsp3) is 0.250. The Morgan fingerprint density at radius 3 is 2.59 bits per heavy atom. The molecule has 2 aliphatic heterocycles. The third-order valence-electron chi connectivity index (χ3n) is 6.13. The summed E-state index contributed by atoms with van der Waals surface area (Å²) in [5.41, 5.74) is 6.73. The van der Waals surface area contributed by atoms with Crippen LogP contribution in [0.15, 0.2) is 66.2 Å². The molecule has 2 aromatic carbocycles. The van der Waals surface area contributed by atoms with Crippen LogP contribution in [-0.2, 0) is 16.8 Å². The summed E-state index contributed by atoms with van der Waals surface area (Å²) in [4.78, 5) is 27.6. The molecule has 1 amide bonds. The van der Waals surface area contributed by atoms with Crippen LogP contribution < -0.4 is 10.5 Å². The van der Waals surface area contributed by atoms with Crippen molar-refractivity contribution < 1.29 is 13.9 Å². The van der Waals surface area contributed by atoms with Crippen molar-refractivity contribution in [1.29, 1.82) is 0 Å². The quantitative estimate of drug-likeness (QED) is 0.688. The highest BCUT2D eigenvalue weighted by Crippen LogP contribution is 2.50. The number of likely N-dealkylation sites (N-methyl/N-ethyl adjacent to an activating group) is 1. The predicted octanol–water partition coefficient (Wildman–Crippen LogP) is 3.05. The third-order valence-corrected chi connectivity index (χ3v) is 6.13. The van der Waals surface area contributed by atoms with Gasteiger partial charge in [-0.15, -0.1) is 0 Å². The summed E-state index contributed by atoms with van der Waals surface area (Å²) in [7, 11) is 1.61. The van der Waals surface area contributed by atoms with Crippen LogP contribution >= 0.6 is 0 Å². The van der Waals surface area contributed by atoms with Crippen LogP contribution in [0.2, 0.25) is 0 Å². The van der Waals surface area contributed by atoms with Gasteiger partial charge in [-0.1, -0.05) is 24.3 Å².